The first-order valence-electron chi connectivity index (χ1n) is 7.40. The normalized spacial score (nSPS) is 24.0. The van der Waals surface area contributed by atoms with E-state index in [9.17, 15) is 0 Å². The molecule has 0 amide bonds. The lowest BCUT2D eigenvalue weighted by molar-refractivity contribution is 0.0582. The third kappa shape index (κ3) is 5.22. The van der Waals surface area contributed by atoms with Crippen LogP contribution in [0.2, 0.25) is 0 Å². The van der Waals surface area contributed by atoms with Crippen molar-refractivity contribution in [2.24, 2.45) is 0 Å². The van der Waals surface area contributed by atoms with E-state index in [0.717, 1.165) is 39.5 Å². The number of nitrogens with zero attached hydrogens (tertiary/aromatic N) is 1. The molecular formula is C14H30N2O2. The summed E-state index contributed by atoms with van der Waals surface area (Å²) in [5, 5.41) is 3.45. The highest BCUT2D eigenvalue weighted by Crippen LogP contribution is 2.23. The molecule has 18 heavy (non-hydrogen) atoms. The molecule has 0 spiro atoms. The smallest absolute Gasteiger partial charge is 0.0593 e. The molecule has 1 saturated carbocycles. The predicted molar refractivity (Wildman–Crippen MR) is 75.0 cm³/mol. The Bertz CT molecular complexity index is 192. The molecule has 0 aliphatic heterocycles. The molecule has 2 atom stereocenters. The molecule has 4 heteroatoms. The van der Waals surface area contributed by atoms with Crippen LogP contribution in [0.5, 0.6) is 0 Å². The fourth-order valence-electron chi connectivity index (χ4n) is 2.81. The van der Waals surface area contributed by atoms with Crippen molar-refractivity contribution in [2.45, 2.75) is 45.2 Å². The number of ether oxygens (including phenoxy) is 2. The van der Waals surface area contributed by atoms with Gasteiger partial charge in [-0.2, -0.15) is 0 Å². The zero-order valence-corrected chi connectivity index (χ0v) is 12.3. The summed E-state index contributed by atoms with van der Waals surface area (Å²) in [6.07, 6.45) is 3.92. The largest absolute Gasteiger partial charge is 0.380 e. The van der Waals surface area contributed by atoms with E-state index < -0.39 is 0 Å². The summed E-state index contributed by atoms with van der Waals surface area (Å²) in [5.41, 5.74) is 0. The van der Waals surface area contributed by atoms with Gasteiger partial charge >= 0.3 is 0 Å². The van der Waals surface area contributed by atoms with Crippen LogP contribution in [-0.4, -0.2) is 63.5 Å². The van der Waals surface area contributed by atoms with Crippen molar-refractivity contribution in [3.05, 3.63) is 0 Å². The van der Waals surface area contributed by atoms with Crippen molar-refractivity contribution in [1.29, 1.82) is 0 Å². The van der Waals surface area contributed by atoms with Crippen molar-refractivity contribution < 1.29 is 9.47 Å². The van der Waals surface area contributed by atoms with Crippen LogP contribution >= 0.6 is 0 Å². The standard InChI is InChI=1S/C14H30N2O2/c1-4-17-11-9-16(10-12-18-5-2)14-8-6-7-13(14)15-3/h13-15H,4-12H2,1-3H3. The number of hydrogen-bond donors (Lipinski definition) is 1. The van der Waals surface area contributed by atoms with Crippen LogP contribution in [0.15, 0.2) is 0 Å². The second-order valence-electron chi connectivity index (χ2n) is 4.82. The topological polar surface area (TPSA) is 33.7 Å². The van der Waals surface area contributed by atoms with Gasteiger partial charge in [0.2, 0.25) is 0 Å². The molecule has 108 valence electrons. The molecule has 1 aliphatic rings. The number of nitrogens with one attached hydrogen (secondary N) is 1. The van der Waals surface area contributed by atoms with Gasteiger partial charge < -0.3 is 14.8 Å². The maximum Gasteiger partial charge on any atom is 0.0593 e. The quantitative estimate of drug-likeness (QED) is 0.602. The van der Waals surface area contributed by atoms with Gasteiger partial charge in [0.1, 0.15) is 0 Å². The van der Waals surface area contributed by atoms with E-state index in [0.29, 0.717) is 12.1 Å². The van der Waals surface area contributed by atoms with Crippen molar-refractivity contribution in [3.63, 3.8) is 0 Å². The van der Waals surface area contributed by atoms with Gasteiger partial charge in [-0.1, -0.05) is 6.42 Å². The van der Waals surface area contributed by atoms with Crippen molar-refractivity contribution in [2.75, 3.05) is 46.6 Å². The summed E-state index contributed by atoms with van der Waals surface area (Å²) >= 11 is 0. The molecule has 1 N–H and O–H groups in total. The molecule has 1 aliphatic carbocycles. The fraction of sp³-hybridized carbons (Fsp3) is 1.00. The molecule has 1 rings (SSSR count). The number of hydrogen-bond acceptors (Lipinski definition) is 4. The molecule has 0 heterocycles. The average molecular weight is 258 g/mol. The van der Waals surface area contributed by atoms with Gasteiger partial charge in [0.25, 0.3) is 0 Å². The Morgan fingerprint density at radius 1 is 1.06 bits per heavy atom. The van der Waals surface area contributed by atoms with Gasteiger partial charge in [0.15, 0.2) is 0 Å². The Balaban J connectivity index is 2.41. The summed E-state index contributed by atoms with van der Waals surface area (Å²) < 4.78 is 11.0. The van der Waals surface area contributed by atoms with E-state index >= 15 is 0 Å². The lowest BCUT2D eigenvalue weighted by Crippen LogP contribution is -2.48. The van der Waals surface area contributed by atoms with E-state index in [1.807, 2.05) is 0 Å². The Hall–Kier alpha value is -0.160. The van der Waals surface area contributed by atoms with Gasteiger partial charge in [0, 0.05) is 38.4 Å². The maximum atomic E-state index is 5.50. The van der Waals surface area contributed by atoms with Crippen LogP contribution in [0.25, 0.3) is 0 Å². The summed E-state index contributed by atoms with van der Waals surface area (Å²) in [4.78, 5) is 2.54. The van der Waals surface area contributed by atoms with E-state index in [-0.39, 0.29) is 0 Å². The third-order valence-corrected chi connectivity index (χ3v) is 3.77. The van der Waals surface area contributed by atoms with E-state index in [4.69, 9.17) is 9.47 Å². The SMILES string of the molecule is CCOCCN(CCOCC)C1CCCC1NC. The Labute approximate surface area is 112 Å². The first kappa shape index (κ1) is 15.9. The molecule has 0 aromatic rings. The minimum atomic E-state index is 0.633. The Morgan fingerprint density at radius 3 is 2.17 bits per heavy atom. The third-order valence-electron chi connectivity index (χ3n) is 3.77. The predicted octanol–water partition coefficient (Wildman–Crippen LogP) is 1.50. The zero-order valence-electron chi connectivity index (χ0n) is 12.3. The van der Waals surface area contributed by atoms with Crippen LogP contribution in [0.4, 0.5) is 0 Å². The van der Waals surface area contributed by atoms with Crippen molar-refractivity contribution in [3.8, 4) is 0 Å². The number of rotatable bonds is 10. The average Bonchev–Trinajstić information content (AvgIpc) is 2.85. The molecule has 0 aromatic carbocycles. The highest BCUT2D eigenvalue weighted by atomic mass is 16.5. The van der Waals surface area contributed by atoms with Crippen LogP contribution in [0, 0.1) is 0 Å². The zero-order chi connectivity index (χ0) is 13.2. The minimum absolute atomic E-state index is 0.633. The Morgan fingerprint density at radius 2 is 1.67 bits per heavy atom. The molecule has 0 bridgehead atoms. The lowest BCUT2D eigenvalue weighted by atomic mass is 10.1. The fourth-order valence-corrected chi connectivity index (χ4v) is 2.81. The Kier molecular flexibility index (Phi) is 8.59. The molecule has 4 nitrogen and oxygen atoms in total. The highest BCUT2D eigenvalue weighted by Gasteiger charge is 2.30. The molecule has 2 unspecified atom stereocenters. The second-order valence-corrected chi connectivity index (χ2v) is 4.82. The number of likely N-dealkylation sites (N-methyl/N-ethyl adjacent to an activating group) is 1. The van der Waals surface area contributed by atoms with Crippen molar-refractivity contribution in [1.82, 2.24) is 10.2 Å². The molecule has 1 fully saturated rings. The first-order valence-corrected chi connectivity index (χ1v) is 7.40. The van der Waals surface area contributed by atoms with Gasteiger partial charge in [0.05, 0.1) is 13.2 Å². The highest BCUT2D eigenvalue weighted by molar-refractivity contribution is 4.89. The molecule has 0 radical (unpaired) electrons. The van der Waals surface area contributed by atoms with Gasteiger partial charge in [-0.05, 0) is 33.7 Å². The molecule has 0 saturated heterocycles. The van der Waals surface area contributed by atoms with Gasteiger partial charge in [-0.3, -0.25) is 4.90 Å². The minimum Gasteiger partial charge on any atom is -0.380 e. The van der Waals surface area contributed by atoms with Crippen LogP contribution in [0.1, 0.15) is 33.1 Å². The van der Waals surface area contributed by atoms with Crippen LogP contribution in [0.3, 0.4) is 0 Å². The van der Waals surface area contributed by atoms with Gasteiger partial charge in [-0.25, -0.2) is 0 Å². The summed E-state index contributed by atoms with van der Waals surface area (Å²) in [6.45, 7) is 9.41. The summed E-state index contributed by atoms with van der Waals surface area (Å²) in [7, 11) is 2.08. The summed E-state index contributed by atoms with van der Waals surface area (Å²) in [5.74, 6) is 0. The van der Waals surface area contributed by atoms with Crippen molar-refractivity contribution >= 4 is 0 Å². The maximum absolute atomic E-state index is 5.50. The second kappa shape index (κ2) is 9.73. The molecule has 0 aromatic heterocycles. The monoisotopic (exact) mass is 258 g/mol. The van der Waals surface area contributed by atoms with Crippen LogP contribution in [-0.2, 0) is 9.47 Å². The van der Waals surface area contributed by atoms with E-state index in [1.54, 1.807) is 0 Å². The molecular weight excluding hydrogens is 228 g/mol. The summed E-state index contributed by atoms with van der Waals surface area (Å²) in [6, 6.07) is 1.28. The van der Waals surface area contributed by atoms with E-state index in [2.05, 4.69) is 31.1 Å². The lowest BCUT2D eigenvalue weighted by Gasteiger charge is -2.32. The van der Waals surface area contributed by atoms with Gasteiger partial charge in [-0.15, -0.1) is 0 Å². The first-order chi connectivity index (χ1) is 8.83. The van der Waals surface area contributed by atoms with E-state index in [1.165, 1.54) is 19.3 Å². The van der Waals surface area contributed by atoms with Crippen LogP contribution < -0.4 is 5.32 Å².